The van der Waals surface area contributed by atoms with Crippen LogP contribution in [0.3, 0.4) is 0 Å². The van der Waals surface area contributed by atoms with Crippen LogP contribution in [0.25, 0.3) is 0 Å². The monoisotopic (exact) mass is 262 g/mol. The Morgan fingerprint density at radius 1 is 1.26 bits per heavy atom. The molecule has 1 amide bonds. The summed E-state index contributed by atoms with van der Waals surface area (Å²) in [7, 11) is 0. The fourth-order valence-electron chi connectivity index (χ4n) is 1.86. The van der Waals surface area contributed by atoms with E-state index < -0.39 is 6.04 Å². The van der Waals surface area contributed by atoms with Gasteiger partial charge >= 0.3 is 0 Å². The molecule has 0 saturated heterocycles. The third-order valence-electron chi connectivity index (χ3n) is 3.41. The quantitative estimate of drug-likeness (QED) is 0.876. The molecule has 3 N–H and O–H groups in total. The lowest BCUT2D eigenvalue weighted by atomic mass is 9.86. The Bertz CT molecular complexity index is 417. The van der Waals surface area contributed by atoms with Gasteiger partial charge in [0.25, 0.3) is 0 Å². The van der Waals surface area contributed by atoms with E-state index in [9.17, 15) is 4.79 Å². The van der Waals surface area contributed by atoms with Crippen LogP contribution in [0.15, 0.2) is 24.3 Å². The molecule has 0 bridgehead atoms. The Balaban J connectivity index is 2.73. The first-order chi connectivity index (χ1) is 8.75. The van der Waals surface area contributed by atoms with E-state index in [1.165, 1.54) is 5.56 Å². The first-order valence-corrected chi connectivity index (χ1v) is 6.92. The molecule has 0 saturated carbocycles. The van der Waals surface area contributed by atoms with Gasteiger partial charge in [-0.2, -0.15) is 0 Å². The van der Waals surface area contributed by atoms with E-state index in [2.05, 4.69) is 50.4 Å². The lowest BCUT2D eigenvalue weighted by molar-refractivity contribution is -0.123. The smallest absolute Gasteiger partial charge is 0.237 e. The highest BCUT2D eigenvalue weighted by atomic mass is 16.2. The number of carbonyl (C=O) groups excluding carboxylic acids is 1. The zero-order valence-electron chi connectivity index (χ0n) is 12.7. The van der Waals surface area contributed by atoms with Crippen molar-refractivity contribution >= 4 is 5.91 Å². The van der Waals surface area contributed by atoms with Crippen molar-refractivity contribution in [2.75, 3.05) is 0 Å². The normalized spacial score (nSPS) is 14.8. The molecule has 0 aliphatic heterocycles. The van der Waals surface area contributed by atoms with Crippen LogP contribution in [0, 0.1) is 0 Å². The molecule has 106 valence electrons. The summed E-state index contributed by atoms with van der Waals surface area (Å²) in [5.74, 6) is -0.0881. The van der Waals surface area contributed by atoms with Crippen LogP contribution >= 0.6 is 0 Å². The minimum Gasteiger partial charge on any atom is -0.348 e. The zero-order valence-corrected chi connectivity index (χ0v) is 12.7. The summed E-state index contributed by atoms with van der Waals surface area (Å²) in [4.78, 5) is 11.7. The van der Waals surface area contributed by atoms with Crippen molar-refractivity contribution in [3.05, 3.63) is 35.4 Å². The number of nitrogens with one attached hydrogen (secondary N) is 1. The summed E-state index contributed by atoms with van der Waals surface area (Å²) in [5.41, 5.74) is 8.25. The first kappa shape index (κ1) is 15.7. The summed E-state index contributed by atoms with van der Waals surface area (Å²) in [6, 6.07) is 7.96. The summed E-state index contributed by atoms with van der Waals surface area (Å²) >= 11 is 0. The Hall–Kier alpha value is -1.35. The molecule has 19 heavy (non-hydrogen) atoms. The number of hydrogen-bond donors (Lipinski definition) is 2. The molecule has 0 spiro atoms. The van der Waals surface area contributed by atoms with Crippen molar-refractivity contribution in [2.45, 2.75) is 58.5 Å². The standard InChI is InChI=1S/C16H26N2O/c1-6-14(17)15(19)18-11(2)12-7-9-13(10-8-12)16(3,4)5/h7-11,14H,6,17H2,1-5H3,(H,18,19). The van der Waals surface area contributed by atoms with Gasteiger partial charge in [0.2, 0.25) is 5.91 Å². The maximum Gasteiger partial charge on any atom is 0.237 e. The van der Waals surface area contributed by atoms with Crippen molar-refractivity contribution in [3.63, 3.8) is 0 Å². The molecule has 1 rings (SSSR count). The zero-order chi connectivity index (χ0) is 14.6. The van der Waals surface area contributed by atoms with Gasteiger partial charge in [0, 0.05) is 0 Å². The second-order valence-corrected chi connectivity index (χ2v) is 6.12. The van der Waals surface area contributed by atoms with Gasteiger partial charge in [-0.1, -0.05) is 52.0 Å². The Morgan fingerprint density at radius 3 is 2.21 bits per heavy atom. The number of benzene rings is 1. The second-order valence-electron chi connectivity index (χ2n) is 6.12. The average Bonchev–Trinajstić information content (AvgIpc) is 2.36. The maximum absolute atomic E-state index is 11.7. The van der Waals surface area contributed by atoms with Crippen molar-refractivity contribution in [1.82, 2.24) is 5.32 Å². The van der Waals surface area contributed by atoms with Crippen LogP contribution < -0.4 is 11.1 Å². The minimum absolute atomic E-state index is 0.0147. The summed E-state index contributed by atoms with van der Waals surface area (Å²) < 4.78 is 0. The van der Waals surface area contributed by atoms with E-state index in [-0.39, 0.29) is 17.4 Å². The minimum atomic E-state index is -0.420. The average molecular weight is 262 g/mol. The fourth-order valence-corrected chi connectivity index (χ4v) is 1.86. The molecular formula is C16H26N2O. The lowest BCUT2D eigenvalue weighted by Gasteiger charge is -2.21. The first-order valence-electron chi connectivity index (χ1n) is 6.92. The SMILES string of the molecule is CCC(N)C(=O)NC(C)c1ccc(C(C)(C)C)cc1. The fraction of sp³-hybridized carbons (Fsp3) is 0.562. The highest BCUT2D eigenvalue weighted by Gasteiger charge is 2.16. The third-order valence-corrected chi connectivity index (χ3v) is 3.41. The van der Waals surface area contributed by atoms with E-state index in [0.29, 0.717) is 6.42 Å². The van der Waals surface area contributed by atoms with Crippen molar-refractivity contribution in [3.8, 4) is 0 Å². The number of hydrogen-bond acceptors (Lipinski definition) is 2. The molecule has 1 aromatic rings. The molecule has 0 aromatic heterocycles. The topological polar surface area (TPSA) is 55.1 Å². The summed E-state index contributed by atoms with van der Waals surface area (Å²) in [5, 5.41) is 2.94. The molecule has 2 atom stereocenters. The van der Waals surface area contributed by atoms with Crippen LogP contribution in [0.1, 0.15) is 58.2 Å². The van der Waals surface area contributed by atoms with Crippen LogP contribution in [0.5, 0.6) is 0 Å². The van der Waals surface area contributed by atoms with Gasteiger partial charge in [-0.05, 0) is 29.9 Å². The highest BCUT2D eigenvalue weighted by Crippen LogP contribution is 2.23. The third kappa shape index (κ3) is 4.35. The van der Waals surface area contributed by atoms with Gasteiger partial charge in [0.1, 0.15) is 0 Å². The van der Waals surface area contributed by atoms with E-state index in [4.69, 9.17) is 5.73 Å². The molecule has 3 heteroatoms. The largest absolute Gasteiger partial charge is 0.348 e. The van der Waals surface area contributed by atoms with E-state index in [1.54, 1.807) is 0 Å². The van der Waals surface area contributed by atoms with Gasteiger partial charge in [-0.25, -0.2) is 0 Å². The Morgan fingerprint density at radius 2 is 1.79 bits per heavy atom. The molecule has 3 nitrogen and oxygen atoms in total. The van der Waals surface area contributed by atoms with Crippen LogP contribution in [-0.2, 0) is 10.2 Å². The predicted molar refractivity (Wildman–Crippen MR) is 80.0 cm³/mol. The van der Waals surface area contributed by atoms with E-state index in [0.717, 1.165) is 5.56 Å². The van der Waals surface area contributed by atoms with Crippen molar-refractivity contribution in [1.29, 1.82) is 0 Å². The molecule has 2 unspecified atom stereocenters. The number of nitrogens with two attached hydrogens (primary N) is 1. The second kappa shape index (κ2) is 6.20. The molecule has 0 radical (unpaired) electrons. The van der Waals surface area contributed by atoms with Gasteiger partial charge in [-0.15, -0.1) is 0 Å². The molecule has 0 aliphatic carbocycles. The molecular weight excluding hydrogens is 236 g/mol. The molecule has 1 aromatic carbocycles. The summed E-state index contributed by atoms with van der Waals surface area (Å²) in [6.45, 7) is 10.5. The van der Waals surface area contributed by atoms with Crippen LogP contribution in [-0.4, -0.2) is 11.9 Å². The maximum atomic E-state index is 11.7. The van der Waals surface area contributed by atoms with Gasteiger partial charge in [0.15, 0.2) is 0 Å². The Labute approximate surface area is 116 Å². The van der Waals surface area contributed by atoms with E-state index in [1.807, 2.05) is 13.8 Å². The Kier molecular flexibility index (Phi) is 5.12. The molecule has 0 heterocycles. The van der Waals surface area contributed by atoms with Crippen LogP contribution in [0.4, 0.5) is 0 Å². The van der Waals surface area contributed by atoms with Gasteiger partial charge in [-0.3, -0.25) is 4.79 Å². The van der Waals surface area contributed by atoms with Gasteiger partial charge < -0.3 is 11.1 Å². The predicted octanol–water partition coefficient (Wildman–Crippen LogP) is 2.90. The van der Waals surface area contributed by atoms with Crippen molar-refractivity contribution in [2.24, 2.45) is 5.73 Å². The molecule has 0 aliphatic rings. The van der Waals surface area contributed by atoms with E-state index >= 15 is 0 Å². The number of amides is 1. The number of carbonyl (C=O) groups is 1. The van der Waals surface area contributed by atoms with Crippen LogP contribution in [0.2, 0.25) is 0 Å². The van der Waals surface area contributed by atoms with Crippen molar-refractivity contribution < 1.29 is 4.79 Å². The highest BCUT2D eigenvalue weighted by molar-refractivity contribution is 5.81. The van der Waals surface area contributed by atoms with Gasteiger partial charge in [0.05, 0.1) is 12.1 Å². The molecule has 0 fully saturated rings. The number of rotatable bonds is 4. The summed E-state index contributed by atoms with van der Waals surface area (Å²) in [6.07, 6.45) is 0.654. The lowest BCUT2D eigenvalue weighted by Crippen LogP contribution is -2.41.